The molecule has 0 fully saturated rings. The van der Waals surface area contributed by atoms with E-state index in [2.05, 4.69) is 5.32 Å². The maximum atomic E-state index is 11.4. The fourth-order valence-corrected chi connectivity index (χ4v) is 1.45. The van der Waals surface area contributed by atoms with Crippen LogP contribution in [0.3, 0.4) is 0 Å². The normalized spacial score (nSPS) is 9.79. The molecule has 104 valence electrons. The molecule has 19 heavy (non-hydrogen) atoms. The molecule has 0 spiro atoms. The van der Waals surface area contributed by atoms with E-state index in [-0.39, 0.29) is 18.5 Å². The minimum Gasteiger partial charge on any atom is -0.497 e. The molecule has 1 aromatic carbocycles. The van der Waals surface area contributed by atoms with Crippen molar-refractivity contribution in [1.29, 1.82) is 0 Å². The lowest BCUT2D eigenvalue weighted by Gasteiger charge is -2.06. The molecule has 0 radical (unpaired) electrons. The van der Waals surface area contributed by atoms with E-state index in [0.29, 0.717) is 19.4 Å². The van der Waals surface area contributed by atoms with Crippen LogP contribution in [0.4, 0.5) is 0 Å². The maximum absolute atomic E-state index is 11.4. The van der Waals surface area contributed by atoms with Crippen LogP contribution in [0, 0.1) is 0 Å². The molecule has 1 aromatic rings. The molecule has 5 nitrogen and oxygen atoms in total. The monoisotopic (exact) mass is 265 g/mol. The number of hydrogen-bond donors (Lipinski definition) is 1. The van der Waals surface area contributed by atoms with Gasteiger partial charge in [-0.3, -0.25) is 9.59 Å². The Kier molecular flexibility index (Phi) is 6.43. The van der Waals surface area contributed by atoms with Crippen LogP contribution in [-0.4, -0.2) is 25.5 Å². The highest BCUT2D eigenvalue weighted by molar-refractivity contribution is 5.73. The molecule has 0 aromatic heterocycles. The maximum Gasteiger partial charge on any atom is 0.306 e. The van der Waals surface area contributed by atoms with Crippen molar-refractivity contribution in [3.8, 4) is 5.75 Å². The second-order valence-electron chi connectivity index (χ2n) is 4.10. The Labute approximate surface area is 112 Å². The largest absolute Gasteiger partial charge is 0.497 e. The van der Waals surface area contributed by atoms with Crippen LogP contribution in [-0.2, 0) is 20.9 Å². The van der Waals surface area contributed by atoms with Crippen molar-refractivity contribution in [3.05, 3.63) is 29.8 Å². The number of esters is 1. The van der Waals surface area contributed by atoms with Crippen LogP contribution in [0.1, 0.15) is 25.3 Å². The molecule has 0 atom stereocenters. The first-order valence-corrected chi connectivity index (χ1v) is 6.15. The highest BCUT2D eigenvalue weighted by atomic mass is 16.5. The lowest BCUT2D eigenvalue weighted by atomic mass is 10.2. The first kappa shape index (κ1) is 15.0. The van der Waals surface area contributed by atoms with Crippen LogP contribution >= 0.6 is 0 Å². The fourth-order valence-electron chi connectivity index (χ4n) is 1.45. The summed E-state index contributed by atoms with van der Waals surface area (Å²) in [4.78, 5) is 22.0. The van der Waals surface area contributed by atoms with Gasteiger partial charge in [-0.25, -0.2) is 0 Å². The number of hydrogen-bond acceptors (Lipinski definition) is 4. The molecule has 5 heteroatoms. The van der Waals surface area contributed by atoms with Gasteiger partial charge in [0.1, 0.15) is 12.4 Å². The van der Waals surface area contributed by atoms with Crippen LogP contribution in [0.5, 0.6) is 5.75 Å². The molecule has 0 aliphatic carbocycles. The number of amides is 1. The molecule has 0 saturated heterocycles. The van der Waals surface area contributed by atoms with Crippen LogP contribution in [0.2, 0.25) is 0 Å². The van der Waals surface area contributed by atoms with E-state index in [0.717, 1.165) is 11.3 Å². The predicted octanol–water partition coefficient (Wildman–Crippen LogP) is 1.65. The zero-order chi connectivity index (χ0) is 14.1. The van der Waals surface area contributed by atoms with Gasteiger partial charge in [0.25, 0.3) is 0 Å². The molecule has 0 heterocycles. The van der Waals surface area contributed by atoms with Crippen LogP contribution in [0.25, 0.3) is 0 Å². The number of rotatable bonds is 7. The fraction of sp³-hybridized carbons (Fsp3) is 0.429. The van der Waals surface area contributed by atoms with Crippen molar-refractivity contribution < 1.29 is 19.1 Å². The summed E-state index contributed by atoms with van der Waals surface area (Å²) in [6.45, 7) is 2.19. The SMILES string of the molecule is COc1ccc(COC(=O)CCCNC(C)=O)cc1. The zero-order valence-corrected chi connectivity index (χ0v) is 11.3. The Morgan fingerprint density at radius 3 is 2.47 bits per heavy atom. The summed E-state index contributed by atoms with van der Waals surface area (Å²) in [7, 11) is 1.60. The lowest BCUT2D eigenvalue weighted by molar-refractivity contribution is -0.145. The highest BCUT2D eigenvalue weighted by Crippen LogP contribution is 2.12. The van der Waals surface area contributed by atoms with Gasteiger partial charge in [0.15, 0.2) is 0 Å². The summed E-state index contributed by atoms with van der Waals surface area (Å²) < 4.78 is 10.2. The van der Waals surface area contributed by atoms with Gasteiger partial charge in [-0.05, 0) is 24.1 Å². The Hall–Kier alpha value is -2.04. The minimum atomic E-state index is -0.263. The number of ether oxygens (including phenoxy) is 2. The van der Waals surface area contributed by atoms with E-state index in [4.69, 9.17) is 9.47 Å². The van der Waals surface area contributed by atoms with Gasteiger partial charge >= 0.3 is 5.97 Å². The van der Waals surface area contributed by atoms with Gasteiger partial charge in [0.2, 0.25) is 5.91 Å². The summed E-state index contributed by atoms with van der Waals surface area (Å²) >= 11 is 0. The van der Waals surface area contributed by atoms with Gasteiger partial charge in [-0.2, -0.15) is 0 Å². The molecule has 0 unspecified atom stereocenters. The van der Waals surface area contributed by atoms with Crippen molar-refractivity contribution in [1.82, 2.24) is 5.32 Å². The molecule has 1 rings (SSSR count). The number of carbonyl (C=O) groups is 2. The minimum absolute atomic E-state index is 0.0911. The lowest BCUT2D eigenvalue weighted by Crippen LogP contribution is -2.21. The van der Waals surface area contributed by atoms with E-state index in [1.54, 1.807) is 7.11 Å². The summed E-state index contributed by atoms with van der Waals surface area (Å²) in [5.41, 5.74) is 0.913. The van der Waals surface area contributed by atoms with Crippen LogP contribution < -0.4 is 10.1 Å². The Balaban J connectivity index is 2.20. The summed E-state index contributed by atoms with van der Waals surface area (Å²) in [6.07, 6.45) is 0.886. The van der Waals surface area contributed by atoms with Gasteiger partial charge < -0.3 is 14.8 Å². The van der Waals surface area contributed by atoms with Crippen molar-refractivity contribution in [2.24, 2.45) is 0 Å². The van der Waals surface area contributed by atoms with E-state index in [1.807, 2.05) is 24.3 Å². The molecule has 0 bridgehead atoms. The molecule has 0 aliphatic heterocycles. The third-order valence-electron chi connectivity index (χ3n) is 2.49. The van der Waals surface area contributed by atoms with Crippen molar-refractivity contribution >= 4 is 11.9 Å². The molecule has 0 saturated carbocycles. The molecular weight excluding hydrogens is 246 g/mol. The second kappa shape index (κ2) is 8.13. The van der Waals surface area contributed by atoms with E-state index >= 15 is 0 Å². The highest BCUT2D eigenvalue weighted by Gasteiger charge is 2.03. The second-order valence-corrected chi connectivity index (χ2v) is 4.10. The molecule has 1 N–H and O–H groups in total. The topological polar surface area (TPSA) is 64.6 Å². The molecule has 0 aliphatic rings. The predicted molar refractivity (Wildman–Crippen MR) is 70.7 cm³/mol. The average Bonchev–Trinajstić information content (AvgIpc) is 2.41. The standard InChI is InChI=1S/C14H19NO4/c1-11(16)15-9-3-4-14(17)19-10-12-5-7-13(18-2)8-6-12/h5-8H,3-4,9-10H2,1-2H3,(H,15,16). The third kappa shape index (κ3) is 6.45. The van der Waals surface area contributed by atoms with Gasteiger partial charge in [-0.1, -0.05) is 12.1 Å². The number of methoxy groups -OCH3 is 1. The summed E-state index contributed by atoms with van der Waals surface area (Å²) in [5.74, 6) is 0.415. The van der Waals surface area contributed by atoms with E-state index in [1.165, 1.54) is 6.92 Å². The van der Waals surface area contributed by atoms with Gasteiger partial charge in [-0.15, -0.1) is 0 Å². The smallest absolute Gasteiger partial charge is 0.306 e. The Morgan fingerprint density at radius 1 is 1.21 bits per heavy atom. The first-order chi connectivity index (χ1) is 9.11. The summed E-state index contributed by atoms with van der Waals surface area (Å²) in [5, 5.41) is 2.63. The average molecular weight is 265 g/mol. The van der Waals surface area contributed by atoms with Gasteiger partial charge in [0, 0.05) is 19.9 Å². The quantitative estimate of drug-likeness (QED) is 0.601. The van der Waals surface area contributed by atoms with Gasteiger partial charge in [0.05, 0.1) is 7.11 Å². The number of benzene rings is 1. The first-order valence-electron chi connectivity index (χ1n) is 6.15. The zero-order valence-electron chi connectivity index (χ0n) is 11.3. The van der Waals surface area contributed by atoms with Crippen LogP contribution in [0.15, 0.2) is 24.3 Å². The molecular formula is C14H19NO4. The van der Waals surface area contributed by atoms with Crippen molar-refractivity contribution in [2.45, 2.75) is 26.4 Å². The third-order valence-corrected chi connectivity index (χ3v) is 2.49. The molecule has 1 amide bonds. The van der Waals surface area contributed by atoms with E-state index < -0.39 is 0 Å². The number of carbonyl (C=O) groups excluding carboxylic acids is 2. The van der Waals surface area contributed by atoms with Crippen molar-refractivity contribution in [2.75, 3.05) is 13.7 Å². The van der Waals surface area contributed by atoms with Crippen molar-refractivity contribution in [3.63, 3.8) is 0 Å². The number of nitrogens with one attached hydrogen (secondary N) is 1. The Morgan fingerprint density at radius 2 is 1.89 bits per heavy atom. The Bertz CT molecular complexity index is 414. The van der Waals surface area contributed by atoms with E-state index in [9.17, 15) is 9.59 Å². The summed E-state index contributed by atoms with van der Waals surface area (Å²) in [6, 6.07) is 7.34.